The van der Waals surface area contributed by atoms with Crippen molar-refractivity contribution < 1.29 is 0 Å². The highest BCUT2D eigenvalue weighted by Gasteiger charge is 2.12. The van der Waals surface area contributed by atoms with Gasteiger partial charge in [0.25, 0.3) is 0 Å². The summed E-state index contributed by atoms with van der Waals surface area (Å²) < 4.78 is 0. The summed E-state index contributed by atoms with van der Waals surface area (Å²) in [6.07, 6.45) is 3.49. The van der Waals surface area contributed by atoms with Crippen LogP contribution in [0.5, 0.6) is 0 Å². The molecule has 0 saturated carbocycles. The van der Waals surface area contributed by atoms with Gasteiger partial charge < -0.3 is 5.32 Å². The van der Waals surface area contributed by atoms with Gasteiger partial charge in [0.2, 0.25) is 0 Å². The van der Waals surface area contributed by atoms with Crippen molar-refractivity contribution in [1.29, 1.82) is 0 Å². The third-order valence-electron chi connectivity index (χ3n) is 3.64. The summed E-state index contributed by atoms with van der Waals surface area (Å²) in [6, 6.07) is 11.0. The predicted octanol–water partition coefficient (Wildman–Crippen LogP) is 4.77. The minimum Gasteiger partial charge on any atom is -0.314 e. The second kappa shape index (κ2) is 8.30. The maximum Gasteiger partial charge on any atom is 0.0935 e. The predicted molar refractivity (Wildman–Crippen MR) is 92.8 cm³/mol. The lowest BCUT2D eigenvalue weighted by Crippen LogP contribution is -2.28. The molecule has 2 nitrogen and oxygen atoms in total. The molecule has 1 aromatic heterocycles. The molecule has 2 aromatic rings. The van der Waals surface area contributed by atoms with E-state index in [2.05, 4.69) is 55.7 Å². The molecule has 1 heterocycles. The summed E-state index contributed by atoms with van der Waals surface area (Å²) in [7, 11) is 0. The van der Waals surface area contributed by atoms with Gasteiger partial charge in [-0.25, -0.2) is 4.98 Å². The molecule has 0 amide bonds. The second-order valence-electron chi connectivity index (χ2n) is 5.89. The Hall–Kier alpha value is -1.19. The Bertz CT molecular complexity index is 521. The van der Waals surface area contributed by atoms with E-state index in [1.54, 1.807) is 11.3 Å². The Labute approximate surface area is 132 Å². The van der Waals surface area contributed by atoms with Gasteiger partial charge in [-0.3, -0.25) is 0 Å². The average molecular weight is 302 g/mol. The highest BCUT2D eigenvalue weighted by atomic mass is 32.1. The van der Waals surface area contributed by atoms with Crippen LogP contribution in [0.4, 0.5) is 0 Å². The van der Waals surface area contributed by atoms with Crippen molar-refractivity contribution in [2.24, 2.45) is 5.92 Å². The van der Waals surface area contributed by atoms with E-state index in [1.165, 1.54) is 23.4 Å². The Morgan fingerprint density at radius 2 is 1.95 bits per heavy atom. The van der Waals surface area contributed by atoms with Crippen LogP contribution in [0.3, 0.4) is 0 Å². The summed E-state index contributed by atoms with van der Waals surface area (Å²) in [5, 5.41) is 6.99. The van der Waals surface area contributed by atoms with Gasteiger partial charge >= 0.3 is 0 Å². The van der Waals surface area contributed by atoms with E-state index in [4.69, 9.17) is 4.98 Å². The average Bonchev–Trinajstić information content (AvgIpc) is 2.94. The molecule has 0 aliphatic heterocycles. The van der Waals surface area contributed by atoms with Crippen LogP contribution in [-0.4, -0.2) is 17.6 Å². The number of benzene rings is 1. The Morgan fingerprint density at radius 1 is 1.19 bits per heavy atom. The van der Waals surface area contributed by atoms with E-state index in [0.717, 1.165) is 18.7 Å². The first kappa shape index (κ1) is 16.2. The Balaban J connectivity index is 1.87. The van der Waals surface area contributed by atoms with Crippen LogP contribution in [0.2, 0.25) is 0 Å². The van der Waals surface area contributed by atoms with Crippen molar-refractivity contribution in [2.45, 2.75) is 46.1 Å². The summed E-state index contributed by atoms with van der Waals surface area (Å²) >= 11 is 1.79. The number of aromatic nitrogens is 1. The zero-order valence-electron chi connectivity index (χ0n) is 13.3. The molecule has 1 aromatic carbocycles. The van der Waals surface area contributed by atoms with Gasteiger partial charge in [0.15, 0.2) is 0 Å². The summed E-state index contributed by atoms with van der Waals surface area (Å²) in [6.45, 7) is 7.93. The minimum absolute atomic E-state index is 0.591. The Morgan fingerprint density at radius 3 is 2.67 bits per heavy atom. The van der Waals surface area contributed by atoms with E-state index >= 15 is 0 Å². The molecule has 0 bridgehead atoms. The van der Waals surface area contributed by atoms with Gasteiger partial charge in [0, 0.05) is 23.4 Å². The monoisotopic (exact) mass is 302 g/mol. The third-order valence-corrected chi connectivity index (χ3v) is 4.51. The normalized spacial score (nSPS) is 14.0. The molecule has 21 heavy (non-hydrogen) atoms. The van der Waals surface area contributed by atoms with E-state index in [9.17, 15) is 0 Å². The van der Waals surface area contributed by atoms with E-state index in [1.807, 2.05) is 6.07 Å². The maximum absolute atomic E-state index is 4.79. The first-order valence-corrected chi connectivity index (χ1v) is 8.80. The summed E-state index contributed by atoms with van der Waals surface area (Å²) in [4.78, 5) is 4.79. The molecule has 114 valence electrons. The number of nitrogens with one attached hydrogen (secondary N) is 1. The first-order valence-electron chi connectivity index (χ1n) is 7.92. The standard InChI is InChI=1S/C18H26N2S/c1-4-10-19-15(3)11-14(2)12-18-20-17(13-21-18)16-8-6-5-7-9-16/h5-9,13-15,19H,4,10-12H2,1-3H3. The topological polar surface area (TPSA) is 24.9 Å². The van der Waals surface area contributed by atoms with Crippen LogP contribution in [0.15, 0.2) is 35.7 Å². The molecular weight excluding hydrogens is 276 g/mol. The zero-order chi connectivity index (χ0) is 15.1. The molecule has 3 heteroatoms. The van der Waals surface area contributed by atoms with Crippen LogP contribution in [0.1, 0.15) is 38.6 Å². The van der Waals surface area contributed by atoms with Crippen molar-refractivity contribution in [1.82, 2.24) is 10.3 Å². The van der Waals surface area contributed by atoms with E-state index in [-0.39, 0.29) is 0 Å². The van der Waals surface area contributed by atoms with Crippen LogP contribution >= 0.6 is 11.3 Å². The smallest absolute Gasteiger partial charge is 0.0935 e. The first-order chi connectivity index (χ1) is 10.2. The highest BCUT2D eigenvalue weighted by molar-refractivity contribution is 7.09. The number of rotatable bonds is 8. The molecule has 0 fully saturated rings. The zero-order valence-corrected chi connectivity index (χ0v) is 14.1. The SMILES string of the molecule is CCCNC(C)CC(C)Cc1nc(-c2ccccc2)cs1. The lowest BCUT2D eigenvalue weighted by Gasteiger charge is -2.17. The van der Waals surface area contributed by atoms with Gasteiger partial charge in [0.1, 0.15) is 0 Å². The summed E-state index contributed by atoms with van der Waals surface area (Å²) in [5.41, 5.74) is 2.32. The van der Waals surface area contributed by atoms with Crippen molar-refractivity contribution in [3.05, 3.63) is 40.7 Å². The molecule has 0 aliphatic rings. The van der Waals surface area contributed by atoms with E-state index < -0.39 is 0 Å². The second-order valence-corrected chi connectivity index (χ2v) is 6.84. The minimum atomic E-state index is 0.591. The van der Waals surface area contributed by atoms with Crippen LogP contribution in [0, 0.1) is 5.92 Å². The molecule has 0 aliphatic carbocycles. The third kappa shape index (κ3) is 5.25. The highest BCUT2D eigenvalue weighted by Crippen LogP contribution is 2.24. The quantitative estimate of drug-likeness (QED) is 0.760. The molecule has 2 atom stereocenters. The van der Waals surface area contributed by atoms with Crippen molar-refractivity contribution in [2.75, 3.05) is 6.54 Å². The van der Waals surface area contributed by atoms with Gasteiger partial charge in [-0.15, -0.1) is 11.3 Å². The van der Waals surface area contributed by atoms with Gasteiger partial charge in [-0.05, 0) is 32.2 Å². The lowest BCUT2D eigenvalue weighted by molar-refractivity contribution is 0.419. The molecule has 2 rings (SSSR count). The fourth-order valence-electron chi connectivity index (χ4n) is 2.61. The lowest BCUT2D eigenvalue weighted by atomic mass is 9.99. The fourth-order valence-corrected chi connectivity index (χ4v) is 3.57. The molecule has 0 radical (unpaired) electrons. The van der Waals surface area contributed by atoms with E-state index in [0.29, 0.717) is 12.0 Å². The maximum atomic E-state index is 4.79. The molecule has 1 N–H and O–H groups in total. The largest absolute Gasteiger partial charge is 0.314 e. The molecular formula is C18H26N2S. The number of hydrogen-bond acceptors (Lipinski definition) is 3. The van der Waals surface area contributed by atoms with Crippen LogP contribution < -0.4 is 5.32 Å². The van der Waals surface area contributed by atoms with Crippen LogP contribution in [-0.2, 0) is 6.42 Å². The van der Waals surface area contributed by atoms with Gasteiger partial charge in [-0.2, -0.15) is 0 Å². The number of hydrogen-bond donors (Lipinski definition) is 1. The molecule has 2 unspecified atom stereocenters. The number of thiazole rings is 1. The van der Waals surface area contributed by atoms with Crippen molar-refractivity contribution in [3.8, 4) is 11.3 Å². The van der Waals surface area contributed by atoms with Crippen molar-refractivity contribution in [3.63, 3.8) is 0 Å². The van der Waals surface area contributed by atoms with Gasteiger partial charge in [-0.1, -0.05) is 44.2 Å². The molecule has 0 spiro atoms. The van der Waals surface area contributed by atoms with Gasteiger partial charge in [0.05, 0.1) is 10.7 Å². The van der Waals surface area contributed by atoms with Crippen molar-refractivity contribution >= 4 is 11.3 Å². The summed E-state index contributed by atoms with van der Waals surface area (Å²) in [5.74, 6) is 0.666. The van der Waals surface area contributed by atoms with Crippen LogP contribution in [0.25, 0.3) is 11.3 Å². The Kier molecular flexibility index (Phi) is 6.40. The molecule has 0 saturated heterocycles. The number of nitrogens with zero attached hydrogens (tertiary/aromatic N) is 1. The fraction of sp³-hybridized carbons (Fsp3) is 0.500.